The monoisotopic (exact) mass is 498 g/mol. The van der Waals surface area contributed by atoms with E-state index < -0.39 is 25.1 Å². The molecular formula is C18H16N2Na2O8S2. The Hall–Kier alpha value is -1.06. The van der Waals surface area contributed by atoms with Gasteiger partial charge in [-0.2, -0.15) is 16.8 Å². The first-order chi connectivity index (χ1) is 13.9. The van der Waals surface area contributed by atoms with Crippen LogP contribution in [0.15, 0.2) is 62.5 Å². The van der Waals surface area contributed by atoms with Crippen LogP contribution in [0.3, 0.4) is 0 Å². The van der Waals surface area contributed by atoms with Gasteiger partial charge in [0.05, 0.1) is 12.0 Å². The summed E-state index contributed by atoms with van der Waals surface area (Å²) in [5.74, 6) is -0.0863. The smallest absolute Gasteiger partial charge is 0.296 e. The van der Waals surface area contributed by atoms with E-state index in [9.17, 15) is 31.0 Å². The van der Waals surface area contributed by atoms with Crippen molar-refractivity contribution in [1.29, 1.82) is 0 Å². The zero-order valence-corrected chi connectivity index (χ0v) is 23.3. The van der Waals surface area contributed by atoms with Gasteiger partial charge in [0.25, 0.3) is 20.2 Å². The van der Waals surface area contributed by atoms with Gasteiger partial charge in [-0.3, -0.25) is 9.11 Å². The first kappa shape index (κ1) is 29.0. The molecule has 0 unspecified atom stereocenters. The van der Waals surface area contributed by atoms with Crippen molar-refractivity contribution >= 4 is 101 Å². The van der Waals surface area contributed by atoms with Gasteiger partial charge in [0.2, 0.25) is 0 Å². The molecule has 0 atom stereocenters. The molecule has 14 heteroatoms. The van der Waals surface area contributed by atoms with E-state index in [1.54, 1.807) is 6.92 Å². The standard InChI is InChI=1S/C18H16N2O8S2.2Na/c1-10-7-14(17(30(25,26)27)9-16(10)28-2)19-20-18-13-5-4-12(29(22,23)24)8-11(13)3-6-15(18)21;;/h3-9,21H,1-2H3,(H,22,23,24)(H,25,26,27);;. The van der Waals surface area contributed by atoms with Gasteiger partial charge in [0.15, 0.2) is 0 Å². The number of benzene rings is 3. The van der Waals surface area contributed by atoms with Gasteiger partial charge >= 0.3 is 0 Å². The zero-order valence-electron chi connectivity index (χ0n) is 17.6. The van der Waals surface area contributed by atoms with E-state index in [1.807, 2.05) is 0 Å². The number of fused-ring (bicyclic) bond motifs is 1. The Bertz CT molecular complexity index is 1410. The molecule has 0 amide bonds. The van der Waals surface area contributed by atoms with Crippen molar-refractivity contribution in [3.8, 4) is 11.5 Å². The number of ether oxygens (including phenoxy) is 1. The minimum absolute atomic E-state index is 0. The molecule has 0 bridgehead atoms. The van der Waals surface area contributed by atoms with Crippen molar-refractivity contribution < 1.29 is 35.8 Å². The molecule has 3 N–H and O–H groups in total. The number of aromatic hydroxyl groups is 1. The van der Waals surface area contributed by atoms with Crippen molar-refractivity contribution in [2.24, 2.45) is 10.2 Å². The summed E-state index contributed by atoms with van der Waals surface area (Å²) >= 11 is 0. The molecule has 0 spiro atoms. The van der Waals surface area contributed by atoms with Gasteiger partial charge in [0.1, 0.15) is 27.8 Å². The molecule has 0 fully saturated rings. The Kier molecular flexibility index (Phi) is 9.88. The van der Waals surface area contributed by atoms with Crippen LogP contribution in [0.25, 0.3) is 10.8 Å². The van der Waals surface area contributed by atoms with E-state index in [1.165, 1.54) is 37.4 Å². The second kappa shape index (κ2) is 10.9. The number of rotatable bonds is 5. The number of hydrogen-bond acceptors (Lipinski definition) is 8. The molecule has 160 valence electrons. The van der Waals surface area contributed by atoms with Gasteiger partial charge in [-0.25, -0.2) is 0 Å². The summed E-state index contributed by atoms with van der Waals surface area (Å²) in [6.45, 7) is 1.64. The Morgan fingerprint density at radius 3 is 2.09 bits per heavy atom. The van der Waals surface area contributed by atoms with Crippen LogP contribution >= 0.6 is 0 Å². The van der Waals surface area contributed by atoms with Crippen molar-refractivity contribution in [1.82, 2.24) is 0 Å². The van der Waals surface area contributed by atoms with E-state index in [0.717, 1.165) is 12.1 Å². The Morgan fingerprint density at radius 2 is 1.53 bits per heavy atom. The average molecular weight is 498 g/mol. The van der Waals surface area contributed by atoms with Crippen LogP contribution in [-0.2, 0) is 20.2 Å². The summed E-state index contributed by atoms with van der Waals surface area (Å²) in [4.78, 5) is -0.884. The molecule has 0 aliphatic heterocycles. The first-order valence-corrected chi connectivity index (χ1v) is 11.1. The van der Waals surface area contributed by atoms with Crippen LogP contribution in [0, 0.1) is 6.92 Å². The second-order valence-corrected chi connectivity index (χ2v) is 9.07. The Labute approximate surface area is 228 Å². The maximum Gasteiger partial charge on any atom is 0.296 e. The number of methoxy groups -OCH3 is 1. The van der Waals surface area contributed by atoms with Crippen LogP contribution in [-0.4, -0.2) is 97.3 Å². The van der Waals surface area contributed by atoms with Gasteiger partial charge in [-0.1, -0.05) is 12.1 Å². The maximum atomic E-state index is 11.7. The number of nitrogens with zero attached hydrogens (tertiary/aromatic N) is 2. The number of aryl methyl sites for hydroxylation is 1. The molecule has 10 nitrogen and oxygen atoms in total. The molecule has 2 radical (unpaired) electrons. The average Bonchev–Trinajstić information content (AvgIpc) is 2.65. The molecule has 0 heterocycles. The molecule has 3 aromatic carbocycles. The SMILES string of the molecule is COc1cc(S(=O)(=O)O)c(N=Nc2c(O)ccc3cc(S(=O)(=O)O)ccc23)cc1C.[Na].[Na]. The molecule has 0 aromatic heterocycles. The summed E-state index contributed by atoms with van der Waals surface area (Å²) in [7, 11) is -7.74. The summed E-state index contributed by atoms with van der Waals surface area (Å²) < 4.78 is 69.8. The summed E-state index contributed by atoms with van der Waals surface area (Å²) in [5, 5.41) is 18.6. The van der Waals surface area contributed by atoms with Crippen molar-refractivity contribution in [3.63, 3.8) is 0 Å². The third-order valence-corrected chi connectivity index (χ3v) is 5.98. The fourth-order valence-electron chi connectivity index (χ4n) is 2.81. The van der Waals surface area contributed by atoms with Crippen molar-refractivity contribution in [2.45, 2.75) is 16.7 Å². The summed E-state index contributed by atoms with van der Waals surface area (Å²) in [5.41, 5.74) is 0.268. The minimum atomic E-state index is -4.65. The number of phenols is 1. The molecule has 0 aliphatic carbocycles. The largest absolute Gasteiger partial charge is 0.506 e. The van der Waals surface area contributed by atoms with Crippen LogP contribution in [0.1, 0.15) is 5.56 Å². The van der Waals surface area contributed by atoms with E-state index >= 15 is 0 Å². The predicted octanol–water partition coefficient (Wildman–Crippen LogP) is 3.01. The van der Waals surface area contributed by atoms with Gasteiger partial charge in [-0.05, 0) is 42.1 Å². The molecule has 32 heavy (non-hydrogen) atoms. The number of azo groups is 1. The van der Waals surface area contributed by atoms with Gasteiger partial charge < -0.3 is 9.84 Å². The number of phenolic OH excluding ortho intramolecular Hbond substituents is 1. The maximum absolute atomic E-state index is 11.7. The van der Waals surface area contributed by atoms with E-state index in [4.69, 9.17) is 4.74 Å². The Morgan fingerprint density at radius 1 is 0.875 bits per heavy atom. The van der Waals surface area contributed by atoms with Crippen LogP contribution in [0.5, 0.6) is 11.5 Å². The summed E-state index contributed by atoms with van der Waals surface area (Å²) in [6.07, 6.45) is 0. The van der Waals surface area contributed by atoms with Crippen molar-refractivity contribution in [3.05, 3.63) is 48.0 Å². The van der Waals surface area contributed by atoms with E-state index in [-0.39, 0.29) is 86.9 Å². The van der Waals surface area contributed by atoms with Gasteiger partial charge in [0, 0.05) is 70.6 Å². The fraction of sp³-hybridized carbons (Fsp3) is 0.111. The predicted molar refractivity (Wildman–Crippen MR) is 119 cm³/mol. The third kappa shape index (κ3) is 6.29. The normalized spacial score (nSPS) is 11.8. The quantitative estimate of drug-likeness (QED) is 0.275. The molecule has 0 saturated carbocycles. The Balaban J connectivity index is 0.00000256. The first-order valence-electron chi connectivity index (χ1n) is 8.23. The second-order valence-electron chi connectivity index (χ2n) is 6.26. The van der Waals surface area contributed by atoms with Crippen molar-refractivity contribution in [2.75, 3.05) is 7.11 Å². The molecule has 3 aromatic rings. The molecule has 0 saturated heterocycles. The minimum Gasteiger partial charge on any atom is -0.506 e. The fourth-order valence-corrected chi connectivity index (χ4v) is 3.94. The zero-order chi connectivity index (χ0) is 22.3. The molecule has 0 aliphatic rings. The van der Waals surface area contributed by atoms with Crippen LogP contribution in [0.4, 0.5) is 11.4 Å². The topological polar surface area (TPSA) is 163 Å². The third-order valence-electron chi connectivity index (χ3n) is 4.25. The van der Waals surface area contributed by atoms with Crippen LogP contribution in [0.2, 0.25) is 0 Å². The molecular weight excluding hydrogens is 482 g/mol. The van der Waals surface area contributed by atoms with Gasteiger partial charge in [-0.15, -0.1) is 10.2 Å². The number of hydrogen-bond donors (Lipinski definition) is 3. The summed E-state index contributed by atoms with van der Waals surface area (Å²) in [6, 6.07) is 8.72. The van der Waals surface area contributed by atoms with Crippen LogP contribution < -0.4 is 4.74 Å². The molecule has 3 rings (SSSR count). The van der Waals surface area contributed by atoms with E-state index in [0.29, 0.717) is 16.3 Å². The van der Waals surface area contributed by atoms with E-state index in [2.05, 4.69) is 10.2 Å².